The van der Waals surface area contributed by atoms with Gasteiger partial charge in [0.2, 0.25) is 0 Å². The lowest BCUT2D eigenvalue weighted by atomic mass is 9.64. The Bertz CT molecular complexity index is 707. The normalized spacial score (nSPS) is 27.3. The Morgan fingerprint density at radius 3 is 2.33 bits per heavy atom. The summed E-state index contributed by atoms with van der Waals surface area (Å²) < 4.78 is 18.0. The largest absolute Gasteiger partial charge is 0.411 e. The van der Waals surface area contributed by atoms with E-state index in [1.54, 1.807) is 6.08 Å². The van der Waals surface area contributed by atoms with Crippen molar-refractivity contribution >= 4 is 8.32 Å². The lowest BCUT2D eigenvalue weighted by Gasteiger charge is -2.48. The van der Waals surface area contributed by atoms with Crippen LogP contribution in [0, 0.1) is 17.3 Å². The van der Waals surface area contributed by atoms with Crippen LogP contribution in [0.1, 0.15) is 68.7 Å². The molecular weight excluding hydrogens is 392 g/mol. The average molecular weight is 437 g/mol. The summed E-state index contributed by atoms with van der Waals surface area (Å²) in [6.45, 7) is 27.3. The summed E-state index contributed by atoms with van der Waals surface area (Å²) >= 11 is 0. The predicted octanol–water partition coefficient (Wildman–Crippen LogP) is 5.83. The zero-order valence-electron chi connectivity index (χ0n) is 21.1. The van der Waals surface area contributed by atoms with Crippen LogP contribution < -0.4 is 0 Å². The lowest BCUT2D eigenvalue weighted by molar-refractivity contribution is -0.161. The molecule has 0 radical (unpaired) electrons. The molecule has 1 aliphatic rings. The number of rotatable bonds is 7. The van der Waals surface area contributed by atoms with E-state index in [9.17, 15) is 5.11 Å². The topological polar surface area (TPSA) is 47.9 Å². The smallest absolute Gasteiger partial charge is 0.192 e. The van der Waals surface area contributed by atoms with Crippen molar-refractivity contribution in [1.82, 2.24) is 0 Å². The van der Waals surface area contributed by atoms with Gasteiger partial charge in [0.15, 0.2) is 20.2 Å². The van der Waals surface area contributed by atoms with E-state index in [0.717, 1.165) is 5.57 Å². The van der Waals surface area contributed by atoms with Gasteiger partial charge in [0.25, 0.3) is 0 Å². The van der Waals surface area contributed by atoms with E-state index in [2.05, 4.69) is 72.2 Å². The van der Waals surface area contributed by atoms with Gasteiger partial charge in [-0.15, -0.1) is 0 Å². The summed E-state index contributed by atoms with van der Waals surface area (Å²) in [5, 5.41) is 11.8. The first-order valence-corrected chi connectivity index (χ1v) is 13.9. The molecule has 0 aliphatic heterocycles. The van der Waals surface area contributed by atoms with Crippen molar-refractivity contribution < 1.29 is 19.0 Å². The monoisotopic (exact) mass is 436 g/mol. The molecule has 0 fully saturated rings. The maximum Gasteiger partial charge on any atom is 0.192 e. The van der Waals surface area contributed by atoms with Gasteiger partial charge in [-0.05, 0) is 63.9 Å². The molecule has 1 N–H and O–H groups in total. The Hall–Kier alpha value is -0.903. The van der Waals surface area contributed by atoms with Gasteiger partial charge in [0.1, 0.15) is 5.60 Å². The third-order valence-corrected chi connectivity index (χ3v) is 11.1. The van der Waals surface area contributed by atoms with Gasteiger partial charge >= 0.3 is 0 Å². The summed E-state index contributed by atoms with van der Waals surface area (Å²) in [7, 11) is -1.92. The molecule has 1 aliphatic carbocycles. The number of hydrogen-bond acceptors (Lipinski definition) is 4. The summed E-state index contributed by atoms with van der Waals surface area (Å²) in [4.78, 5) is 0. The minimum absolute atomic E-state index is 0.0250. The van der Waals surface area contributed by atoms with Gasteiger partial charge in [-0.1, -0.05) is 59.1 Å². The molecule has 5 heteroatoms. The number of ether oxygens (including phenoxy) is 2. The highest BCUT2D eigenvalue weighted by atomic mass is 28.4. The van der Waals surface area contributed by atoms with Gasteiger partial charge < -0.3 is 19.0 Å². The van der Waals surface area contributed by atoms with Crippen LogP contribution in [0.2, 0.25) is 18.1 Å². The highest BCUT2D eigenvalue weighted by molar-refractivity contribution is 6.74. The molecule has 0 saturated heterocycles. The molecular formula is C25H44O4Si. The van der Waals surface area contributed by atoms with E-state index in [1.165, 1.54) is 0 Å². The Morgan fingerprint density at radius 1 is 1.33 bits per heavy atom. The Morgan fingerprint density at radius 2 is 1.90 bits per heavy atom. The van der Waals surface area contributed by atoms with Crippen LogP contribution in [0.5, 0.6) is 0 Å². The molecule has 0 saturated carbocycles. The van der Waals surface area contributed by atoms with Gasteiger partial charge in [0, 0.05) is 12.0 Å². The Balaban J connectivity index is 3.23. The van der Waals surface area contributed by atoms with Crippen molar-refractivity contribution in [2.24, 2.45) is 5.41 Å². The average Bonchev–Trinajstić information content (AvgIpc) is 2.56. The number of hydrogen-bond donors (Lipinski definition) is 1. The van der Waals surface area contributed by atoms with Crippen LogP contribution in [0.25, 0.3) is 0 Å². The third-order valence-electron chi connectivity index (χ3n) is 6.64. The highest BCUT2D eigenvalue weighted by Gasteiger charge is 2.50. The molecule has 0 heterocycles. The van der Waals surface area contributed by atoms with Crippen molar-refractivity contribution in [3.8, 4) is 11.8 Å². The van der Waals surface area contributed by atoms with E-state index in [4.69, 9.17) is 13.9 Å². The van der Waals surface area contributed by atoms with Crippen LogP contribution in [0.4, 0.5) is 0 Å². The van der Waals surface area contributed by atoms with E-state index in [-0.39, 0.29) is 11.1 Å². The van der Waals surface area contributed by atoms with Crippen molar-refractivity contribution in [2.45, 2.75) is 110 Å². The second-order valence-electron chi connectivity index (χ2n) is 10.8. The molecule has 0 spiro atoms. The van der Waals surface area contributed by atoms with Crippen LogP contribution >= 0.6 is 0 Å². The SMILES string of the molecule is C=CC(C)(C#CC1(O)C(C)=C[C@H](O[Si](C)(C)C(C)(C)C)CC1(C)C)OC(C)OCC. The van der Waals surface area contributed by atoms with Crippen molar-refractivity contribution in [2.75, 3.05) is 6.61 Å². The summed E-state index contributed by atoms with van der Waals surface area (Å²) in [5.74, 6) is 6.26. The van der Waals surface area contributed by atoms with Crippen molar-refractivity contribution in [1.29, 1.82) is 0 Å². The molecule has 30 heavy (non-hydrogen) atoms. The quantitative estimate of drug-likeness (QED) is 0.236. The molecule has 1 rings (SSSR count). The van der Waals surface area contributed by atoms with Crippen LogP contribution in [0.15, 0.2) is 24.3 Å². The summed E-state index contributed by atoms with van der Waals surface area (Å²) in [6, 6.07) is 0. The fourth-order valence-electron chi connectivity index (χ4n) is 3.50. The molecule has 4 atom stereocenters. The number of aliphatic hydroxyl groups is 1. The highest BCUT2D eigenvalue weighted by Crippen LogP contribution is 2.47. The van der Waals surface area contributed by atoms with Crippen molar-refractivity contribution in [3.05, 3.63) is 24.3 Å². The maximum absolute atomic E-state index is 11.6. The predicted molar refractivity (Wildman–Crippen MR) is 128 cm³/mol. The van der Waals surface area contributed by atoms with E-state index >= 15 is 0 Å². The zero-order valence-corrected chi connectivity index (χ0v) is 22.1. The summed E-state index contributed by atoms with van der Waals surface area (Å²) in [5.41, 5.74) is -1.86. The molecule has 3 unspecified atom stereocenters. The van der Waals surface area contributed by atoms with Gasteiger partial charge in [0.05, 0.1) is 6.10 Å². The molecule has 4 nitrogen and oxygen atoms in total. The van der Waals surface area contributed by atoms with E-state index < -0.39 is 31.2 Å². The van der Waals surface area contributed by atoms with E-state index in [0.29, 0.717) is 13.0 Å². The fraction of sp³-hybridized carbons (Fsp3) is 0.760. The molecule has 0 aromatic heterocycles. The minimum atomic E-state index is -1.92. The third kappa shape index (κ3) is 6.08. The Labute approximate surface area is 186 Å². The van der Waals surface area contributed by atoms with Gasteiger partial charge in [-0.2, -0.15) is 0 Å². The van der Waals surface area contributed by atoms with Crippen molar-refractivity contribution in [3.63, 3.8) is 0 Å². The van der Waals surface area contributed by atoms with Crippen LogP contribution in [-0.4, -0.2) is 43.6 Å². The second-order valence-corrected chi connectivity index (χ2v) is 15.5. The molecule has 0 aromatic carbocycles. The van der Waals surface area contributed by atoms with Crippen LogP contribution in [0.3, 0.4) is 0 Å². The first-order chi connectivity index (χ1) is 13.4. The fourth-order valence-corrected chi connectivity index (χ4v) is 4.76. The van der Waals surface area contributed by atoms with Gasteiger partial charge in [-0.3, -0.25) is 0 Å². The second kappa shape index (κ2) is 9.30. The maximum atomic E-state index is 11.6. The lowest BCUT2D eigenvalue weighted by Crippen LogP contribution is -2.52. The standard InChI is InChI=1S/C25H44O4Si/c1-13-24(10,28-20(4)27-14-2)15-16-25(26)19(3)17-21(18-23(25,8)9)29-30(11,12)22(5,6)7/h13,17,20-21,26H,1,14,18H2,2-12H3/t20?,21-,24?,25?/m0/s1. The van der Waals surface area contributed by atoms with E-state index in [1.807, 2.05) is 27.7 Å². The molecule has 172 valence electrons. The summed E-state index contributed by atoms with van der Waals surface area (Å²) in [6.07, 6.45) is 3.96. The first kappa shape index (κ1) is 27.1. The zero-order chi connectivity index (χ0) is 23.6. The first-order valence-electron chi connectivity index (χ1n) is 11.0. The molecule has 0 amide bonds. The van der Waals surface area contributed by atoms with Gasteiger partial charge in [-0.25, -0.2) is 0 Å². The molecule has 0 bridgehead atoms. The molecule has 0 aromatic rings. The Kier molecular flexibility index (Phi) is 8.41. The van der Waals surface area contributed by atoms with Crippen LogP contribution in [-0.2, 0) is 13.9 Å². The minimum Gasteiger partial charge on any atom is -0.411 e.